The minimum absolute atomic E-state index is 0.185. The monoisotopic (exact) mass is 598 g/mol. The summed E-state index contributed by atoms with van der Waals surface area (Å²) >= 11 is 6.82. The lowest BCUT2D eigenvalue weighted by Gasteiger charge is -2.26. The van der Waals surface area contributed by atoms with Gasteiger partial charge in [-0.25, -0.2) is 9.69 Å². The van der Waals surface area contributed by atoms with Crippen molar-refractivity contribution < 1.29 is 23.9 Å². The Labute approximate surface area is 219 Å². The van der Waals surface area contributed by atoms with E-state index in [1.54, 1.807) is 36.4 Å². The SMILES string of the molecule is COc1cc(/C=C2\C(=O)NC(=O)N(c3ccc(Br)cc3)C2=O)cc(Br)c1OCc1ccc(C)cc1. The van der Waals surface area contributed by atoms with E-state index in [-0.39, 0.29) is 5.57 Å². The van der Waals surface area contributed by atoms with Crippen molar-refractivity contribution in [2.45, 2.75) is 13.5 Å². The molecule has 1 heterocycles. The molecule has 0 bridgehead atoms. The van der Waals surface area contributed by atoms with Gasteiger partial charge in [-0.05, 0) is 76.5 Å². The van der Waals surface area contributed by atoms with Gasteiger partial charge >= 0.3 is 6.03 Å². The van der Waals surface area contributed by atoms with E-state index in [2.05, 4.69) is 37.2 Å². The highest BCUT2D eigenvalue weighted by atomic mass is 79.9. The van der Waals surface area contributed by atoms with Gasteiger partial charge in [0.05, 0.1) is 17.3 Å². The van der Waals surface area contributed by atoms with Crippen molar-refractivity contribution in [3.63, 3.8) is 0 Å². The third kappa shape index (κ3) is 5.47. The number of methoxy groups -OCH3 is 1. The summed E-state index contributed by atoms with van der Waals surface area (Å²) in [5.41, 5.74) is 2.83. The van der Waals surface area contributed by atoms with Crippen LogP contribution in [-0.2, 0) is 16.2 Å². The van der Waals surface area contributed by atoms with Crippen LogP contribution in [0, 0.1) is 6.92 Å². The summed E-state index contributed by atoms with van der Waals surface area (Å²) in [5.74, 6) is -0.594. The van der Waals surface area contributed by atoms with E-state index in [0.29, 0.717) is 33.8 Å². The normalized spacial score (nSPS) is 14.8. The molecule has 1 fully saturated rings. The predicted octanol–water partition coefficient (Wildman–Crippen LogP) is 5.77. The van der Waals surface area contributed by atoms with Gasteiger partial charge in [0.15, 0.2) is 11.5 Å². The lowest BCUT2D eigenvalue weighted by atomic mass is 10.1. The Morgan fingerprint density at radius 2 is 1.66 bits per heavy atom. The van der Waals surface area contributed by atoms with E-state index in [9.17, 15) is 14.4 Å². The average Bonchev–Trinajstić information content (AvgIpc) is 2.83. The highest BCUT2D eigenvalue weighted by molar-refractivity contribution is 9.10. The molecular weight excluding hydrogens is 580 g/mol. The van der Waals surface area contributed by atoms with Gasteiger partial charge in [-0.2, -0.15) is 0 Å². The zero-order valence-electron chi connectivity index (χ0n) is 18.8. The summed E-state index contributed by atoms with van der Waals surface area (Å²) in [5, 5.41) is 2.22. The molecule has 0 aromatic heterocycles. The summed E-state index contributed by atoms with van der Waals surface area (Å²) < 4.78 is 12.8. The first-order valence-corrected chi connectivity index (χ1v) is 12.1. The number of nitrogens with zero attached hydrogens (tertiary/aromatic N) is 1. The predicted molar refractivity (Wildman–Crippen MR) is 139 cm³/mol. The fourth-order valence-electron chi connectivity index (χ4n) is 3.45. The zero-order chi connectivity index (χ0) is 25.1. The zero-order valence-corrected chi connectivity index (χ0v) is 22.0. The van der Waals surface area contributed by atoms with Crippen LogP contribution in [0.25, 0.3) is 6.08 Å². The number of rotatable bonds is 6. The molecule has 7 nitrogen and oxygen atoms in total. The van der Waals surface area contributed by atoms with Crippen LogP contribution in [0.1, 0.15) is 16.7 Å². The van der Waals surface area contributed by atoms with Crippen LogP contribution in [0.3, 0.4) is 0 Å². The summed E-state index contributed by atoms with van der Waals surface area (Å²) in [6.45, 7) is 2.35. The molecular formula is C26H20Br2N2O5. The van der Waals surface area contributed by atoms with Crippen LogP contribution in [-0.4, -0.2) is 25.0 Å². The number of carbonyl (C=O) groups excluding carboxylic acids is 3. The smallest absolute Gasteiger partial charge is 0.335 e. The van der Waals surface area contributed by atoms with Gasteiger partial charge in [-0.1, -0.05) is 45.8 Å². The number of aryl methyl sites for hydroxylation is 1. The molecule has 4 amide bonds. The molecule has 1 aliphatic heterocycles. The minimum atomic E-state index is -0.807. The van der Waals surface area contributed by atoms with Crippen LogP contribution in [0.15, 0.2) is 75.2 Å². The number of halogens is 2. The van der Waals surface area contributed by atoms with Gasteiger partial charge in [0.25, 0.3) is 11.8 Å². The maximum Gasteiger partial charge on any atom is 0.335 e. The lowest BCUT2D eigenvalue weighted by molar-refractivity contribution is -0.122. The van der Waals surface area contributed by atoms with E-state index in [0.717, 1.165) is 20.5 Å². The van der Waals surface area contributed by atoms with Gasteiger partial charge in [0.2, 0.25) is 0 Å². The minimum Gasteiger partial charge on any atom is -0.493 e. The Bertz CT molecular complexity index is 1340. The van der Waals surface area contributed by atoms with E-state index in [1.165, 1.54) is 13.2 Å². The van der Waals surface area contributed by atoms with Crippen molar-refractivity contribution >= 4 is 61.5 Å². The Hall–Kier alpha value is -3.43. The molecule has 3 aromatic carbocycles. The third-order valence-corrected chi connectivity index (χ3v) is 6.37. The van der Waals surface area contributed by atoms with Crippen molar-refractivity contribution in [1.29, 1.82) is 0 Å². The van der Waals surface area contributed by atoms with E-state index in [1.807, 2.05) is 31.2 Å². The highest BCUT2D eigenvalue weighted by Crippen LogP contribution is 2.38. The van der Waals surface area contributed by atoms with Crippen molar-refractivity contribution in [3.05, 3.63) is 91.9 Å². The summed E-state index contributed by atoms with van der Waals surface area (Å²) in [4.78, 5) is 39.0. The number of barbiturate groups is 1. The van der Waals surface area contributed by atoms with Crippen molar-refractivity contribution in [1.82, 2.24) is 5.32 Å². The molecule has 1 N–H and O–H groups in total. The molecule has 1 saturated heterocycles. The molecule has 1 aliphatic rings. The summed E-state index contributed by atoms with van der Waals surface area (Å²) in [6, 6.07) is 17.2. The van der Waals surface area contributed by atoms with Gasteiger partial charge in [-0.3, -0.25) is 14.9 Å². The number of hydrogen-bond donors (Lipinski definition) is 1. The first kappa shape index (κ1) is 24.7. The second kappa shape index (κ2) is 10.5. The van der Waals surface area contributed by atoms with Crippen LogP contribution in [0.5, 0.6) is 11.5 Å². The quantitative estimate of drug-likeness (QED) is 0.287. The van der Waals surface area contributed by atoms with Crippen molar-refractivity contribution in [2.24, 2.45) is 0 Å². The molecule has 9 heteroatoms. The largest absolute Gasteiger partial charge is 0.493 e. The number of anilines is 1. The lowest BCUT2D eigenvalue weighted by Crippen LogP contribution is -2.54. The van der Waals surface area contributed by atoms with Crippen LogP contribution < -0.4 is 19.7 Å². The molecule has 3 aromatic rings. The van der Waals surface area contributed by atoms with Gasteiger partial charge < -0.3 is 9.47 Å². The number of ether oxygens (including phenoxy) is 2. The molecule has 4 rings (SSSR count). The molecule has 0 aliphatic carbocycles. The molecule has 0 unspecified atom stereocenters. The molecule has 0 saturated carbocycles. The van der Waals surface area contributed by atoms with E-state index in [4.69, 9.17) is 9.47 Å². The molecule has 35 heavy (non-hydrogen) atoms. The first-order chi connectivity index (χ1) is 16.8. The highest BCUT2D eigenvalue weighted by Gasteiger charge is 2.36. The molecule has 178 valence electrons. The molecule has 0 radical (unpaired) electrons. The summed E-state index contributed by atoms with van der Waals surface area (Å²) in [6.07, 6.45) is 1.41. The van der Waals surface area contributed by atoms with Crippen LogP contribution in [0.4, 0.5) is 10.5 Å². The average molecular weight is 600 g/mol. The van der Waals surface area contributed by atoms with E-state index < -0.39 is 17.8 Å². The Morgan fingerprint density at radius 1 is 0.971 bits per heavy atom. The standard InChI is InChI=1S/C26H20Br2N2O5/c1-15-3-5-16(6-4-15)14-35-23-21(28)12-17(13-22(23)34-2)11-20-24(31)29-26(33)30(25(20)32)19-9-7-18(27)8-10-19/h3-13H,14H2,1-2H3,(H,29,31,33)/b20-11+. The van der Waals surface area contributed by atoms with Crippen LogP contribution in [0.2, 0.25) is 0 Å². The topological polar surface area (TPSA) is 84.9 Å². The number of hydrogen-bond acceptors (Lipinski definition) is 5. The maximum absolute atomic E-state index is 13.1. The van der Waals surface area contributed by atoms with Gasteiger partial charge in [-0.15, -0.1) is 0 Å². The number of urea groups is 1. The number of imide groups is 2. The Morgan fingerprint density at radius 3 is 2.31 bits per heavy atom. The van der Waals surface area contributed by atoms with Crippen molar-refractivity contribution in [3.8, 4) is 11.5 Å². The molecule has 0 spiro atoms. The van der Waals surface area contributed by atoms with Crippen molar-refractivity contribution in [2.75, 3.05) is 12.0 Å². The molecule has 0 atom stereocenters. The Kier molecular flexibility index (Phi) is 7.37. The van der Waals surface area contributed by atoms with E-state index >= 15 is 0 Å². The second-order valence-corrected chi connectivity index (χ2v) is 9.51. The second-order valence-electron chi connectivity index (χ2n) is 7.74. The number of nitrogens with one attached hydrogen (secondary N) is 1. The number of benzene rings is 3. The Balaban J connectivity index is 1.63. The van der Waals surface area contributed by atoms with Gasteiger partial charge in [0, 0.05) is 4.47 Å². The fraction of sp³-hybridized carbons (Fsp3) is 0.115. The number of carbonyl (C=O) groups is 3. The fourth-order valence-corrected chi connectivity index (χ4v) is 4.29. The first-order valence-electron chi connectivity index (χ1n) is 10.5. The number of amides is 4. The van der Waals surface area contributed by atoms with Gasteiger partial charge in [0.1, 0.15) is 12.2 Å². The third-order valence-electron chi connectivity index (χ3n) is 5.25. The summed E-state index contributed by atoms with van der Waals surface area (Å²) in [7, 11) is 1.50. The maximum atomic E-state index is 13.1. The van der Waals surface area contributed by atoms with Crippen LogP contribution >= 0.6 is 31.9 Å².